The van der Waals surface area contributed by atoms with Crippen LogP contribution in [0.4, 0.5) is 5.82 Å². The lowest BCUT2D eigenvalue weighted by Crippen LogP contribution is -2.53. The monoisotopic (exact) mass is 414 g/mol. The second-order valence-corrected chi connectivity index (χ2v) is 7.83. The maximum atomic E-state index is 5.53. The lowest BCUT2D eigenvalue weighted by Gasteiger charge is -2.45. The van der Waals surface area contributed by atoms with Crippen molar-refractivity contribution >= 4 is 5.82 Å². The molecule has 0 saturated carbocycles. The first-order valence-corrected chi connectivity index (χ1v) is 10.5. The number of hydrogen-bond donors (Lipinski definition) is 0. The topological polar surface area (TPSA) is 86.8 Å². The second kappa shape index (κ2) is 6.98. The van der Waals surface area contributed by atoms with Gasteiger partial charge in [-0.1, -0.05) is 37.3 Å². The van der Waals surface area contributed by atoms with Gasteiger partial charge in [-0.3, -0.25) is 9.13 Å². The Morgan fingerprint density at radius 1 is 1.10 bits per heavy atom. The Bertz CT molecular complexity index is 1240. The SMILES string of the molecule is CCC1c2nnc(C)n2-c2cnc(-n3ccnc3-c3ccccc3)nc2N1C1COC1. The van der Waals surface area contributed by atoms with Gasteiger partial charge in [0.15, 0.2) is 11.6 Å². The molecule has 1 fully saturated rings. The molecule has 9 nitrogen and oxygen atoms in total. The molecule has 1 atom stereocenters. The molecule has 5 heterocycles. The summed E-state index contributed by atoms with van der Waals surface area (Å²) in [6, 6.07) is 10.4. The van der Waals surface area contributed by atoms with Gasteiger partial charge >= 0.3 is 0 Å². The number of ether oxygens (including phenoxy) is 1. The summed E-state index contributed by atoms with van der Waals surface area (Å²) in [4.78, 5) is 16.6. The minimum Gasteiger partial charge on any atom is -0.377 e. The molecule has 1 aromatic carbocycles. The van der Waals surface area contributed by atoms with Crippen molar-refractivity contribution in [3.63, 3.8) is 0 Å². The van der Waals surface area contributed by atoms with Crippen LogP contribution >= 0.6 is 0 Å². The smallest absolute Gasteiger partial charge is 0.237 e. The Morgan fingerprint density at radius 2 is 1.94 bits per heavy atom. The summed E-state index contributed by atoms with van der Waals surface area (Å²) in [6.07, 6.45) is 6.44. The van der Waals surface area contributed by atoms with E-state index in [-0.39, 0.29) is 12.1 Å². The molecule has 1 unspecified atom stereocenters. The van der Waals surface area contributed by atoms with Crippen LogP contribution in [0, 0.1) is 6.92 Å². The van der Waals surface area contributed by atoms with Crippen molar-refractivity contribution in [3.05, 3.63) is 60.6 Å². The lowest BCUT2D eigenvalue weighted by atomic mass is 10.0. The molecule has 0 aliphatic carbocycles. The summed E-state index contributed by atoms with van der Waals surface area (Å²) >= 11 is 0. The highest BCUT2D eigenvalue weighted by atomic mass is 16.5. The van der Waals surface area contributed by atoms with Crippen LogP contribution in [0.5, 0.6) is 0 Å². The van der Waals surface area contributed by atoms with E-state index >= 15 is 0 Å². The highest BCUT2D eigenvalue weighted by Gasteiger charge is 2.41. The van der Waals surface area contributed by atoms with Crippen LogP contribution in [0.3, 0.4) is 0 Å². The summed E-state index contributed by atoms with van der Waals surface area (Å²) in [6.45, 7) is 5.50. The van der Waals surface area contributed by atoms with Crippen LogP contribution in [0.2, 0.25) is 0 Å². The van der Waals surface area contributed by atoms with Crippen molar-refractivity contribution < 1.29 is 4.74 Å². The molecule has 0 spiro atoms. The Balaban J connectivity index is 1.53. The molecular weight excluding hydrogens is 392 g/mol. The van der Waals surface area contributed by atoms with Crippen molar-refractivity contribution in [2.24, 2.45) is 0 Å². The average molecular weight is 414 g/mol. The predicted octanol–water partition coefficient (Wildman–Crippen LogP) is 2.89. The molecule has 0 N–H and O–H groups in total. The van der Waals surface area contributed by atoms with Crippen LogP contribution < -0.4 is 4.90 Å². The maximum Gasteiger partial charge on any atom is 0.237 e. The van der Waals surface area contributed by atoms with Crippen molar-refractivity contribution in [1.29, 1.82) is 0 Å². The highest BCUT2D eigenvalue weighted by molar-refractivity contribution is 5.64. The Labute approximate surface area is 179 Å². The van der Waals surface area contributed by atoms with Crippen LogP contribution in [0.1, 0.15) is 31.0 Å². The third-order valence-corrected chi connectivity index (χ3v) is 6.00. The summed E-state index contributed by atoms with van der Waals surface area (Å²) in [5, 5.41) is 8.83. The average Bonchev–Trinajstić information content (AvgIpc) is 3.40. The number of fused-ring (bicyclic) bond motifs is 3. The highest BCUT2D eigenvalue weighted by Crippen LogP contribution is 2.41. The first kappa shape index (κ1) is 18.2. The second-order valence-electron chi connectivity index (χ2n) is 7.83. The van der Waals surface area contributed by atoms with E-state index in [0.717, 1.165) is 41.0 Å². The van der Waals surface area contributed by atoms with E-state index in [0.29, 0.717) is 19.2 Å². The van der Waals surface area contributed by atoms with Crippen LogP contribution in [-0.2, 0) is 4.74 Å². The van der Waals surface area contributed by atoms with Crippen molar-refractivity contribution in [2.45, 2.75) is 32.4 Å². The van der Waals surface area contributed by atoms with Gasteiger partial charge in [0, 0.05) is 18.0 Å². The predicted molar refractivity (Wildman–Crippen MR) is 114 cm³/mol. The van der Waals surface area contributed by atoms with Gasteiger partial charge in [-0.25, -0.2) is 9.97 Å². The van der Waals surface area contributed by atoms with Gasteiger partial charge in [0.05, 0.1) is 31.5 Å². The zero-order chi connectivity index (χ0) is 20.9. The Hall–Kier alpha value is -3.59. The van der Waals surface area contributed by atoms with Crippen molar-refractivity contribution in [1.82, 2.24) is 34.3 Å². The molecular formula is C22H22N8O. The van der Waals surface area contributed by atoms with Crippen molar-refractivity contribution in [3.8, 4) is 23.0 Å². The van der Waals surface area contributed by atoms with Gasteiger partial charge in [-0.15, -0.1) is 10.2 Å². The summed E-state index contributed by atoms with van der Waals surface area (Å²) in [5.41, 5.74) is 1.92. The molecule has 9 heteroatoms. The fourth-order valence-corrected chi connectivity index (χ4v) is 4.44. The van der Waals surface area contributed by atoms with E-state index in [4.69, 9.17) is 14.7 Å². The molecule has 1 saturated heterocycles. The number of aromatic nitrogens is 7. The quantitative estimate of drug-likeness (QED) is 0.507. The normalized spacial score (nSPS) is 17.9. The molecule has 0 radical (unpaired) electrons. The van der Waals surface area contributed by atoms with E-state index in [1.807, 2.05) is 54.2 Å². The van der Waals surface area contributed by atoms with E-state index < -0.39 is 0 Å². The Kier molecular flexibility index (Phi) is 4.10. The van der Waals surface area contributed by atoms with Gasteiger partial charge in [-0.2, -0.15) is 4.98 Å². The van der Waals surface area contributed by atoms with Crippen LogP contribution in [-0.4, -0.2) is 53.5 Å². The molecule has 156 valence electrons. The Morgan fingerprint density at radius 3 is 2.68 bits per heavy atom. The number of anilines is 1. The third-order valence-electron chi connectivity index (χ3n) is 6.00. The van der Waals surface area contributed by atoms with Crippen molar-refractivity contribution in [2.75, 3.05) is 18.1 Å². The van der Waals surface area contributed by atoms with Crippen LogP contribution in [0.15, 0.2) is 48.9 Å². The summed E-state index contributed by atoms with van der Waals surface area (Å²) in [5.74, 6) is 4.05. The van der Waals surface area contributed by atoms with E-state index in [9.17, 15) is 0 Å². The molecule has 4 aromatic rings. The largest absolute Gasteiger partial charge is 0.377 e. The number of rotatable bonds is 4. The fraction of sp³-hybridized carbons (Fsp3) is 0.318. The number of benzene rings is 1. The fourth-order valence-electron chi connectivity index (χ4n) is 4.44. The zero-order valence-corrected chi connectivity index (χ0v) is 17.4. The molecule has 2 aliphatic heterocycles. The molecule has 3 aromatic heterocycles. The van der Waals surface area contributed by atoms with E-state index in [1.54, 1.807) is 6.20 Å². The summed E-state index contributed by atoms with van der Waals surface area (Å²) < 4.78 is 9.54. The van der Waals surface area contributed by atoms with Gasteiger partial charge < -0.3 is 9.64 Å². The lowest BCUT2D eigenvalue weighted by molar-refractivity contribution is 0.00338. The molecule has 2 aliphatic rings. The maximum absolute atomic E-state index is 5.53. The van der Waals surface area contributed by atoms with Gasteiger partial charge in [0.2, 0.25) is 5.95 Å². The number of nitrogens with zero attached hydrogens (tertiary/aromatic N) is 8. The van der Waals surface area contributed by atoms with Gasteiger partial charge in [0.1, 0.15) is 17.3 Å². The number of imidazole rings is 1. The minimum absolute atomic E-state index is 0.0849. The molecule has 0 bridgehead atoms. The van der Waals surface area contributed by atoms with Gasteiger partial charge in [0.25, 0.3) is 0 Å². The van der Waals surface area contributed by atoms with Gasteiger partial charge in [-0.05, 0) is 13.3 Å². The first-order chi connectivity index (χ1) is 15.3. The van der Waals surface area contributed by atoms with E-state index in [2.05, 4.69) is 31.6 Å². The standard InChI is InChI=1S/C22H22N8O/c1-3-17-21-27-26-14(2)29(21)18-11-24-22(25-20(18)30(17)16-12-31-13-16)28-10-9-23-19(28)15-7-5-4-6-8-15/h4-11,16-17H,3,12-13H2,1-2H3. The van der Waals surface area contributed by atoms with E-state index in [1.165, 1.54) is 0 Å². The number of aryl methyl sites for hydroxylation is 1. The van der Waals surface area contributed by atoms with Crippen LogP contribution in [0.25, 0.3) is 23.0 Å². The molecule has 31 heavy (non-hydrogen) atoms. The first-order valence-electron chi connectivity index (χ1n) is 10.5. The molecule has 6 rings (SSSR count). The minimum atomic E-state index is 0.0849. The zero-order valence-electron chi connectivity index (χ0n) is 17.4. The summed E-state index contributed by atoms with van der Waals surface area (Å²) in [7, 11) is 0. The number of hydrogen-bond acceptors (Lipinski definition) is 7. The third kappa shape index (κ3) is 2.70. The molecule has 0 amide bonds.